The van der Waals surface area contributed by atoms with Crippen molar-refractivity contribution in [3.63, 3.8) is 0 Å². The van der Waals surface area contributed by atoms with Crippen molar-refractivity contribution in [2.24, 2.45) is 0 Å². The molecule has 0 atom stereocenters. The van der Waals surface area contributed by atoms with E-state index in [1.165, 1.54) is 0 Å². The van der Waals surface area contributed by atoms with Crippen molar-refractivity contribution in [3.8, 4) is 11.4 Å². The van der Waals surface area contributed by atoms with E-state index in [0.29, 0.717) is 12.0 Å². The molecule has 0 aliphatic carbocycles. The topological polar surface area (TPSA) is 38.9 Å². The van der Waals surface area contributed by atoms with E-state index < -0.39 is 12.1 Å². The van der Waals surface area contributed by atoms with Crippen LogP contribution in [0.15, 0.2) is 28.8 Å². The first-order valence-electron chi connectivity index (χ1n) is 4.80. The number of rotatable bonds is 2. The minimum Gasteiger partial charge on any atom is -0.329 e. The average Bonchev–Trinajstić information content (AvgIpc) is 2.78. The molecule has 0 fully saturated rings. The highest BCUT2D eigenvalue weighted by Gasteiger charge is 2.38. The molecule has 0 aliphatic rings. The zero-order valence-corrected chi connectivity index (χ0v) is 8.66. The Morgan fingerprint density at radius 1 is 1.18 bits per heavy atom. The number of benzene rings is 1. The summed E-state index contributed by atoms with van der Waals surface area (Å²) in [5.41, 5.74) is 1.45. The maximum atomic E-state index is 12.2. The van der Waals surface area contributed by atoms with Gasteiger partial charge in [0.2, 0.25) is 5.82 Å². The first-order chi connectivity index (χ1) is 8.00. The molecule has 2 aromatic rings. The van der Waals surface area contributed by atoms with E-state index in [9.17, 15) is 13.2 Å². The lowest BCUT2D eigenvalue weighted by Crippen LogP contribution is -2.04. The van der Waals surface area contributed by atoms with Crippen molar-refractivity contribution < 1.29 is 17.7 Å². The third-order valence-electron chi connectivity index (χ3n) is 2.17. The number of aromatic nitrogens is 2. The van der Waals surface area contributed by atoms with Crippen LogP contribution < -0.4 is 0 Å². The molecule has 17 heavy (non-hydrogen) atoms. The Bertz CT molecular complexity index is 502. The molecule has 6 heteroatoms. The Hall–Kier alpha value is -1.85. The molecule has 1 radical (unpaired) electrons. The van der Waals surface area contributed by atoms with Crippen LogP contribution >= 0.6 is 0 Å². The first-order valence-corrected chi connectivity index (χ1v) is 4.80. The molecule has 3 nitrogen and oxygen atoms in total. The van der Waals surface area contributed by atoms with Gasteiger partial charge in [-0.2, -0.15) is 18.2 Å². The number of hydrogen-bond acceptors (Lipinski definition) is 3. The van der Waals surface area contributed by atoms with Crippen molar-refractivity contribution in [3.05, 3.63) is 42.6 Å². The first kappa shape index (κ1) is 11.6. The monoisotopic (exact) mass is 241 g/mol. The Labute approximate surface area is 95.3 Å². The van der Waals surface area contributed by atoms with Gasteiger partial charge in [-0.1, -0.05) is 29.4 Å². The summed E-state index contributed by atoms with van der Waals surface area (Å²) < 4.78 is 40.8. The van der Waals surface area contributed by atoms with Crippen LogP contribution in [-0.4, -0.2) is 10.1 Å². The molecule has 89 valence electrons. The number of alkyl halides is 3. The number of halogens is 3. The van der Waals surface area contributed by atoms with E-state index in [0.717, 1.165) is 5.56 Å². The molecule has 0 aliphatic heterocycles. The van der Waals surface area contributed by atoms with Crippen LogP contribution in [0.1, 0.15) is 11.5 Å². The maximum Gasteiger partial charge on any atom is 0.471 e. The maximum absolute atomic E-state index is 12.2. The third-order valence-corrected chi connectivity index (χ3v) is 2.17. The highest BCUT2D eigenvalue weighted by atomic mass is 19.4. The zero-order valence-electron chi connectivity index (χ0n) is 8.66. The number of nitrogens with zero attached hydrogens (tertiary/aromatic N) is 2. The molecule has 1 aromatic carbocycles. The summed E-state index contributed by atoms with van der Waals surface area (Å²) in [5, 5.41) is 3.29. The summed E-state index contributed by atoms with van der Waals surface area (Å²) in [6, 6.07) is 6.77. The second-order valence-corrected chi connectivity index (χ2v) is 3.37. The van der Waals surface area contributed by atoms with E-state index in [4.69, 9.17) is 0 Å². The summed E-state index contributed by atoms with van der Waals surface area (Å²) in [6.07, 6.45) is -4.00. The Morgan fingerprint density at radius 3 is 2.29 bits per heavy atom. The van der Waals surface area contributed by atoms with Crippen LogP contribution in [0.5, 0.6) is 0 Å². The molecule has 2 rings (SSSR count). The van der Waals surface area contributed by atoms with Crippen molar-refractivity contribution in [2.45, 2.75) is 12.6 Å². The molecule has 0 bridgehead atoms. The lowest BCUT2D eigenvalue weighted by molar-refractivity contribution is -0.159. The third kappa shape index (κ3) is 2.46. The minimum absolute atomic E-state index is 0.0760. The Kier molecular flexibility index (Phi) is 2.87. The highest BCUT2D eigenvalue weighted by Crippen LogP contribution is 2.29. The predicted molar refractivity (Wildman–Crippen MR) is 53.8 cm³/mol. The largest absolute Gasteiger partial charge is 0.471 e. The molecule has 0 amide bonds. The Morgan fingerprint density at radius 2 is 1.82 bits per heavy atom. The van der Waals surface area contributed by atoms with Gasteiger partial charge < -0.3 is 4.52 Å². The molecule has 0 saturated heterocycles. The second-order valence-electron chi connectivity index (χ2n) is 3.37. The molecule has 0 saturated carbocycles. The molecular weight excluding hydrogens is 233 g/mol. The summed E-state index contributed by atoms with van der Waals surface area (Å²) in [4.78, 5) is 3.29. The van der Waals surface area contributed by atoms with Gasteiger partial charge in [0.25, 0.3) is 0 Å². The van der Waals surface area contributed by atoms with Gasteiger partial charge in [-0.25, -0.2) is 0 Å². The molecule has 1 heterocycles. The summed E-state index contributed by atoms with van der Waals surface area (Å²) >= 11 is 0. The summed E-state index contributed by atoms with van der Waals surface area (Å²) in [6.45, 7) is 3.70. The van der Waals surface area contributed by atoms with Gasteiger partial charge in [-0.05, 0) is 18.9 Å². The van der Waals surface area contributed by atoms with E-state index in [-0.39, 0.29) is 5.82 Å². The van der Waals surface area contributed by atoms with Crippen molar-refractivity contribution in [2.75, 3.05) is 0 Å². The van der Waals surface area contributed by atoms with Gasteiger partial charge in [0, 0.05) is 5.56 Å². The number of hydrogen-bond donors (Lipinski definition) is 0. The fraction of sp³-hybridized carbons (Fsp3) is 0.182. The molecule has 0 unspecified atom stereocenters. The normalized spacial score (nSPS) is 11.8. The summed E-state index contributed by atoms with van der Waals surface area (Å²) in [5.74, 6) is -1.42. The van der Waals surface area contributed by atoms with Gasteiger partial charge in [0.1, 0.15) is 0 Å². The van der Waals surface area contributed by atoms with Crippen LogP contribution in [0.4, 0.5) is 13.2 Å². The quantitative estimate of drug-likeness (QED) is 0.810. The van der Waals surface area contributed by atoms with Crippen LogP contribution in [-0.2, 0) is 12.6 Å². The van der Waals surface area contributed by atoms with Gasteiger partial charge in [-0.3, -0.25) is 0 Å². The van der Waals surface area contributed by atoms with Crippen molar-refractivity contribution in [1.82, 2.24) is 10.1 Å². The Balaban J connectivity index is 2.30. The molecule has 1 aromatic heterocycles. The summed E-state index contributed by atoms with van der Waals surface area (Å²) in [7, 11) is 0. The van der Waals surface area contributed by atoms with Crippen LogP contribution in [0, 0.1) is 6.92 Å². The lowest BCUT2D eigenvalue weighted by Gasteiger charge is -1.98. The van der Waals surface area contributed by atoms with Crippen LogP contribution in [0.3, 0.4) is 0 Å². The highest BCUT2D eigenvalue weighted by molar-refractivity contribution is 5.54. The zero-order chi connectivity index (χ0) is 12.5. The van der Waals surface area contributed by atoms with Crippen molar-refractivity contribution >= 4 is 0 Å². The molecule has 0 N–H and O–H groups in total. The second kappa shape index (κ2) is 4.20. The fourth-order valence-corrected chi connectivity index (χ4v) is 1.28. The van der Waals surface area contributed by atoms with Crippen LogP contribution in [0.25, 0.3) is 11.4 Å². The van der Waals surface area contributed by atoms with Gasteiger partial charge >= 0.3 is 12.1 Å². The molecular formula is C11H8F3N2O. The van der Waals surface area contributed by atoms with E-state index in [1.807, 2.05) is 0 Å². The lowest BCUT2D eigenvalue weighted by atomic mass is 10.1. The van der Waals surface area contributed by atoms with E-state index >= 15 is 0 Å². The van der Waals surface area contributed by atoms with Gasteiger partial charge in [-0.15, -0.1) is 0 Å². The molecule has 0 spiro atoms. The SMILES string of the molecule is [CH2]Cc1ccc(-c2noc(C(F)(F)F)n2)cc1. The standard InChI is InChI=1S/C11H8F3N2O/c1-2-7-3-5-8(6-4-7)9-15-10(17-16-9)11(12,13)14/h3-6H,1-2H2. The fourth-order valence-electron chi connectivity index (χ4n) is 1.28. The predicted octanol–water partition coefficient (Wildman–Crippen LogP) is 3.13. The smallest absolute Gasteiger partial charge is 0.329 e. The minimum atomic E-state index is -4.61. The van der Waals surface area contributed by atoms with Crippen molar-refractivity contribution in [1.29, 1.82) is 0 Å². The van der Waals surface area contributed by atoms with Crippen LogP contribution in [0.2, 0.25) is 0 Å². The van der Waals surface area contributed by atoms with E-state index in [1.54, 1.807) is 24.3 Å². The average molecular weight is 241 g/mol. The van der Waals surface area contributed by atoms with Gasteiger partial charge in [0.15, 0.2) is 0 Å². The van der Waals surface area contributed by atoms with Gasteiger partial charge in [0.05, 0.1) is 0 Å². The van der Waals surface area contributed by atoms with E-state index in [2.05, 4.69) is 21.6 Å².